The van der Waals surface area contributed by atoms with Gasteiger partial charge in [-0.1, -0.05) is 37.7 Å². The summed E-state index contributed by atoms with van der Waals surface area (Å²) >= 11 is 6.41. The smallest absolute Gasteiger partial charge is 0.248 e. The lowest BCUT2D eigenvalue weighted by Crippen LogP contribution is -2.46. The molecule has 2 heterocycles. The van der Waals surface area contributed by atoms with Crippen LogP contribution in [0.2, 0.25) is 5.02 Å². The molecule has 0 radical (unpaired) electrons. The Hall–Kier alpha value is -3.72. The number of likely N-dealkylation sites (N-methyl/N-ethyl adjacent to an activating group) is 1. The number of anilines is 5. The third kappa shape index (κ3) is 7.69. The average molecular weight is 582 g/mol. The van der Waals surface area contributed by atoms with Crippen LogP contribution in [0.4, 0.5) is 28.8 Å². The second-order valence-electron chi connectivity index (χ2n) is 9.42. The lowest BCUT2D eigenvalue weighted by molar-refractivity contribution is -0.127. The number of para-hydroxylation sites is 1. The molecule has 0 unspecified atom stereocenters. The van der Waals surface area contributed by atoms with E-state index in [1.165, 1.54) is 23.7 Å². The van der Waals surface area contributed by atoms with Crippen molar-refractivity contribution in [1.82, 2.24) is 19.8 Å². The third-order valence-electron chi connectivity index (χ3n) is 6.29. The highest BCUT2D eigenvalue weighted by molar-refractivity contribution is 7.64. The molecule has 4 rings (SSSR count). The van der Waals surface area contributed by atoms with E-state index >= 15 is 0 Å². The minimum absolute atomic E-state index is 0.179. The van der Waals surface area contributed by atoms with Gasteiger partial charge in [0.1, 0.15) is 10.8 Å². The Labute approximate surface area is 240 Å². The van der Waals surface area contributed by atoms with E-state index in [1.807, 2.05) is 25.2 Å². The Morgan fingerprint density at radius 3 is 2.50 bits per heavy atom. The van der Waals surface area contributed by atoms with Gasteiger partial charge in [-0.3, -0.25) is 9.59 Å². The first-order valence-corrected chi connectivity index (χ1v) is 15.3. The van der Waals surface area contributed by atoms with Gasteiger partial charge in [0.05, 0.1) is 19.0 Å². The number of hydrogen-bond acceptors (Lipinski definition) is 8. The van der Waals surface area contributed by atoms with Crippen molar-refractivity contribution in [2.24, 2.45) is 0 Å². The predicted octanol–water partition coefficient (Wildman–Crippen LogP) is 4.26. The Morgan fingerprint density at radius 2 is 1.77 bits per heavy atom. The van der Waals surface area contributed by atoms with E-state index in [2.05, 4.69) is 50.2 Å². The summed E-state index contributed by atoms with van der Waals surface area (Å²) in [6, 6.07) is 13.2. The molecule has 0 atom stereocenters. The summed E-state index contributed by atoms with van der Waals surface area (Å²) in [6.45, 7) is 7.28. The molecule has 0 spiro atoms. The number of nitrogens with zero attached hydrogens (tertiary/aromatic N) is 4. The van der Waals surface area contributed by atoms with Crippen molar-refractivity contribution in [3.63, 3.8) is 0 Å². The molecule has 1 aliphatic heterocycles. The highest BCUT2D eigenvalue weighted by atomic mass is 35.5. The maximum atomic E-state index is 12.5. The van der Waals surface area contributed by atoms with Gasteiger partial charge in [-0.15, -0.1) is 0 Å². The van der Waals surface area contributed by atoms with Gasteiger partial charge in [0.25, 0.3) is 0 Å². The molecule has 40 heavy (non-hydrogen) atoms. The molecule has 1 saturated heterocycles. The number of piperazine rings is 1. The van der Waals surface area contributed by atoms with E-state index in [0.29, 0.717) is 47.0 Å². The number of aromatic nitrogens is 2. The van der Waals surface area contributed by atoms with Crippen LogP contribution in [0.15, 0.2) is 60.8 Å². The van der Waals surface area contributed by atoms with Crippen LogP contribution in [0.3, 0.4) is 0 Å². The Bertz CT molecular complexity index is 1390. The first-order valence-electron chi connectivity index (χ1n) is 12.7. The molecule has 1 fully saturated rings. The molecular weight excluding hydrogens is 549 g/mol. The number of hydrogen-bond donors (Lipinski definition) is 3. The van der Waals surface area contributed by atoms with Crippen molar-refractivity contribution >= 4 is 65.5 Å². The molecule has 0 aliphatic carbocycles. The topological polar surface area (TPSA) is 112 Å². The maximum Gasteiger partial charge on any atom is 0.248 e. The molecule has 2 aromatic carbocycles. The standard InChI is InChI=1S/C28H33ClN7O3P/c1-35-13-15-36(16-14-35)26(38)12-11-25(37)31-19-9-10-23(39-2)22(17-19)33-28-30-18-20(29)27(34-28)32-21-7-5-6-8-24(21)40(3)4/h5-12,17-18H,13-16H2,1-4H3,(H,31,37)(H2,30,32,33,34)/b12-11-. The molecule has 1 aliphatic rings. The van der Waals surface area contributed by atoms with Crippen molar-refractivity contribution < 1.29 is 14.3 Å². The Kier molecular flexibility index (Phi) is 9.93. The number of nitrogens with one attached hydrogen (secondary N) is 3. The highest BCUT2D eigenvalue weighted by Gasteiger charge is 2.17. The fourth-order valence-corrected chi connectivity index (χ4v) is 5.21. The number of halogens is 1. The highest BCUT2D eigenvalue weighted by Crippen LogP contribution is 2.33. The number of methoxy groups -OCH3 is 1. The number of rotatable bonds is 9. The van der Waals surface area contributed by atoms with Gasteiger partial charge in [0, 0.05) is 49.7 Å². The van der Waals surface area contributed by atoms with Gasteiger partial charge >= 0.3 is 0 Å². The van der Waals surface area contributed by atoms with Crippen molar-refractivity contribution in [2.75, 3.05) is 69.6 Å². The number of ether oxygens (including phenoxy) is 1. The molecule has 210 valence electrons. The third-order valence-corrected chi connectivity index (χ3v) is 7.92. The van der Waals surface area contributed by atoms with Crippen LogP contribution in [-0.4, -0.2) is 85.2 Å². The second-order valence-corrected chi connectivity index (χ2v) is 12.1. The van der Waals surface area contributed by atoms with Crippen molar-refractivity contribution in [3.05, 3.63) is 65.8 Å². The van der Waals surface area contributed by atoms with Crippen LogP contribution in [0.25, 0.3) is 0 Å². The van der Waals surface area contributed by atoms with Crippen LogP contribution >= 0.6 is 19.5 Å². The zero-order valence-electron chi connectivity index (χ0n) is 22.9. The van der Waals surface area contributed by atoms with Crippen LogP contribution in [0, 0.1) is 0 Å². The summed E-state index contributed by atoms with van der Waals surface area (Å²) in [5.41, 5.74) is 1.98. The lowest BCUT2D eigenvalue weighted by Gasteiger charge is -2.31. The molecule has 1 aromatic heterocycles. The van der Waals surface area contributed by atoms with Crippen molar-refractivity contribution in [3.8, 4) is 5.75 Å². The fourth-order valence-electron chi connectivity index (χ4n) is 4.08. The molecule has 2 amide bonds. The predicted molar refractivity (Wildman–Crippen MR) is 163 cm³/mol. The van der Waals surface area contributed by atoms with Crippen molar-refractivity contribution in [1.29, 1.82) is 0 Å². The van der Waals surface area contributed by atoms with E-state index in [0.717, 1.165) is 18.8 Å². The van der Waals surface area contributed by atoms with E-state index in [1.54, 1.807) is 30.2 Å². The van der Waals surface area contributed by atoms with Gasteiger partial charge in [-0.05, 0) is 49.9 Å². The average Bonchev–Trinajstić information content (AvgIpc) is 2.94. The molecule has 10 nitrogen and oxygen atoms in total. The van der Waals surface area contributed by atoms with Gasteiger partial charge in [-0.2, -0.15) is 4.98 Å². The summed E-state index contributed by atoms with van der Waals surface area (Å²) in [4.78, 5) is 37.7. The number of amides is 2. The summed E-state index contributed by atoms with van der Waals surface area (Å²) in [5.74, 6) is 0.681. The summed E-state index contributed by atoms with van der Waals surface area (Å²) in [5, 5.41) is 10.8. The van der Waals surface area contributed by atoms with Crippen molar-refractivity contribution in [2.45, 2.75) is 0 Å². The van der Waals surface area contributed by atoms with E-state index in [9.17, 15) is 9.59 Å². The van der Waals surface area contributed by atoms with Crippen LogP contribution < -0.4 is 26.0 Å². The summed E-state index contributed by atoms with van der Waals surface area (Å²) in [7, 11) is 3.22. The molecular formula is C28H33ClN7O3P. The molecule has 3 N–H and O–H groups in total. The van der Waals surface area contributed by atoms with Gasteiger partial charge in [-0.25, -0.2) is 4.98 Å². The lowest BCUT2D eigenvalue weighted by atomic mass is 10.2. The zero-order valence-corrected chi connectivity index (χ0v) is 24.6. The number of carbonyl (C=O) groups excluding carboxylic acids is 2. The van der Waals surface area contributed by atoms with E-state index < -0.39 is 5.91 Å². The number of benzene rings is 2. The summed E-state index contributed by atoms with van der Waals surface area (Å²) in [6.07, 6.45) is 4.06. The summed E-state index contributed by atoms with van der Waals surface area (Å²) < 4.78 is 5.48. The first-order chi connectivity index (χ1) is 19.2. The van der Waals surface area contributed by atoms with Gasteiger partial charge in [0.2, 0.25) is 17.8 Å². The molecule has 0 saturated carbocycles. The SMILES string of the molecule is COc1ccc(NC(=O)/C=C\C(=O)N2CCN(C)CC2)cc1Nc1ncc(Cl)c(Nc2ccccc2P(C)C)n1. The van der Waals surface area contributed by atoms with E-state index in [-0.39, 0.29) is 13.8 Å². The minimum Gasteiger partial charge on any atom is -0.495 e. The molecule has 0 bridgehead atoms. The Morgan fingerprint density at radius 1 is 1.02 bits per heavy atom. The van der Waals surface area contributed by atoms with Crippen LogP contribution in [0.1, 0.15) is 0 Å². The normalized spacial score (nSPS) is 13.9. The second kappa shape index (κ2) is 13.6. The largest absolute Gasteiger partial charge is 0.495 e. The van der Waals surface area contributed by atoms with Crippen LogP contribution in [0.5, 0.6) is 5.75 Å². The first kappa shape index (κ1) is 29.3. The quantitative estimate of drug-likeness (QED) is 0.254. The monoisotopic (exact) mass is 581 g/mol. The fraction of sp³-hybridized carbons (Fsp3) is 0.286. The molecule has 3 aromatic rings. The van der Waals surface area contributed by atoms with E-state index in [4.69, 9.17) is 16.3 Å². The maximum absolute atomic E-state index is 12.5. The van der Waals surface area contributed by atoms with Gasteiger partial charge < -0.3 is 30.5 Å². The zero-order chi connectivity index (χ0) is 28.6. The number of carbonyl (C=O) groups is 2. The molecule has 12 heteroatoms. The minimum atomic E-state index is -0.418. The Balaban J connectivity index is 1.46. The van der Waals surface area contributed by atoms with Crippen LogP contribution in [-0.2, 0) is 9.59 Å². The van der Waals surface area contributed by atoms with Gasteiger partial charge in [0.15, 0.2) is 5.82 Å².